The molecule has 0 spiro atoms. The molecule has 2 aromatic rings. The molecule has 2 aliphatic rings. The molecule has 0 amide bonds. The Balaban J connectivity index is 1.54. The second-order valence-corrected chi connectivity index (χ2v) is 10.2. The molecule has 0 aliphatic carbocycles. The average molecular weight is 542 g/mol. The lowest BCUT2D eigenvalue weighted by molar-refractivity contribution is 0.0909. The number of phenolic OH excluding ortho intramolecular Hbond substituents is 1. The molecule has 202 valence electrons. The van der Waals surface area contributed by atoms with Crippen LogP contribution in [0.4, 0.5) is 8.78 Å². The van der Waals surface area contributed by atoms with Gasteiger partial charge in [-0.15, -0.1) is 0 Å². The third kappa shape index (κ3) is 6.37. The predicted molar refractivity (Wildman–Crippen MR) is 150 cm³/mol. The first kappa shape index (κ1) is 28.1. The normalized spacial score (nSPS) is 21.0. The smallest absolute Gasteiger partial charge is 0.150 e. The molecule has 1 N–H and O–H groups in total. The Morgan fingerprint density at radius 3 is 2.84 bits per heavy atom. The molecule has 0 radical (unpaired) electrons. The van der Waals surface area contributed by atoms with Gasteiger partial charge in [0, 0.05) is 29.6 Å². The van der Waals surface area contributed by atoms with Crippen molar-refractivity contribution in [3.05, 3.63) is 94.8 Å². The van der Waals surface area contributed by atoms with Crippen LogP contribution in [0.5, 0.6) is 11.5 Å². The van der Waals surface area contributed by atoms with Crippen molar-refractivity contribution < 1.29 is 23.4 Å². The molecule has 4 rings (SSSR count). The minimum absolute atomic E-state index is 0.0422. The summed E-state index contributed by atoms with van der Waals surface area (Å²) in [6, 6.07) is 9.86. The number of alkyl halides is 1. The number of hydrogen-bond donors (Lipinski definition) is 1. The van der Waals surface area contributed by atoms with Gasteiger partial charge in [0.15, 0.2) is 0 Å². The van der Waals surface area contributed by atoms with Gasteiger partial charge in [-0.1, -0.05) is 48.6 Å². The molecule has 2 aliphatic heterocycles. The van der Waals surface area contributed by atoms with Crippen LogP contribution in [0.1, 0.15) is 31.4 Å². The Kier molecular flexibility index (Phi) is 9.42. The summed E-state index contributed by atoms with van der Waals surface area (Å²) in [6.45, 7) is 10.3. The number of aromatic hydroxyl groups is 1. The molecule has 1 unspecified atom stereocenters. The van der Waals surface area contributed by atoms with Crippen LogP contribution in [0.25, 0.3) is 11.1 Å². The van der Waals surface area contributed by atoms with Crippen LogP contribution >= 0.6 is 11.6 Å². The maximum absolute atomic E-state index is 14.5. The fourth-order valence-corrected chi connectivity index (χ4v) is 5.18. The molecule has 7 heteroatoms. The first-order valence-electron chi connectivity index (χ1n) is 12.9. The van der Waals surface area contributed by atoms with Crippen molar-refractivity contribution in [2.75, 3.05) is 33.0 Å². The molecular formula is C31H34ClF2NO3. The van der Waals surface area contributed by atoms with E-state index < -0.39 is 11.9 Å². The minimum atomic E-state index is -0.553. The van der Waals surface area contributed by atoms with Gasteiger partial charge in [-0.2, -0.15) is 0 Å². The Hall–Kier alpha value is -2.93. The van der Waals surface area contributed by atoms with Crippen molar-refractivity contribution in [3.8, 4) is 11.5 Å². The summed E-state index contributed by atoms with van der Waals surface area (Å²) in [5.41, 5.74) is 3.81. The van der Waals surface area contributed by atoms with Gasteiger partial charge < -0.3 is 14.6 Å². The highest BCUT2D eigenvalue weighted by Crippen LogP contribution is 2.44. The molecule has 4 nitrogen and oxygen atoms in total. The van der Waals surface area contributed by atoms with E-state index in [9.17, 15) is 13.9 Å². The number of phenols is 1. The summed E-state index contributed by atoms with van der Waals surface area (Å²) in [5.74, 6) is 0.351. The van der Waals surface area contributed by atoms with Gasteiger partial charge in [0.1, 0.15) is 23.4 Å². The number of benzene rings is 2. The molecule has 2 heterocycles. The number of ether oxygens (including phenoxy) is 2. The van der Waals surface area contributed by atoms with Crippen LogP contribution in [0, 0.1) is 11.7 Å². The second kappa shape index (κ2) is 12.7. The highest BCUT2D eigenvalue weighted by molar-refractivity contribution is 6.30. The van der Waals surface area contributed by atoms with E-state index in [4.69, 9.17) is 21.1 Å². The van der Waals surface area contributed by atoms with Crippen LogP contribution in [0.3, 0.4) is 0 Å². The van der Waals surface area contributed by atoms with Crippen molar-refractivity contribution in [1.82, 2.24) is 4.90 Å². The number of rotatable bonds is 10. The Morgan fingerprint density at radius 2 is 2.13 bits per heavy atom. The third-order valence-electron chi connectivity index (χ3n) is 7.16. The van der Waals surface area contributed by atoms with E-state index in [1.54, 1.807) is 30.3 Å². The van der Waals surface area contributed by atoms with Crippen LogP contribution in [-0.2, 0) is 4.74 Å². The van der Waals surface area contributed by atoms with Gasteiger partial charge in [-0.3, -0.25) is 9.29 Å². The van der Waals surface area contributed by atoms with Gasteiger partial charge in [0.2, 0.25) is 0 Å². The van der Waals surface area contributed by atoms with Gasteiger partial charge in [0.05, 0.1) is 24.9 Å². The van der Waals surface area contributed by atoms with Crippen LogP contribution in [0.2, 0.25) is 5.02 Å². The van der Waals surface area contributed by atoms with Gasteiger partial charge in [0.25, 0.3) is 0 Å². The van der Waals surface area contributed by atoms with Crippen LogP contribution in [0.15, 0.2) is 72.9 Å². The van der Waals surface area contributed by atoms with E-state index in [1.807, 2.05) is 25.2 Å². The van der Waals surface area contributed by atoms with Crippen molar-refractivity contribution in [2.45, 2.75) is 32.4 Å². The number of fused-ring (bicyclic) bond motifs is 1. The summed E-state index contributed by atoms with van der Waals surface area (Å²) >= 11 is 5.96. The fourth-order valence-electron chi connectivity index (χ4n) is 5.06. The molecule has 2 aromatic carbocycles. The zero-order valence-electron chi connectivity index (χ0n) is 21.8. The largest absolute Gasteiger partial charge is 0.508 e. The summed E-state index contributed by atoms with van der Waals surface area (Å²) in [6.07, 6.45) is 7.73. The maximum atomic E-state index is 14.5. The quantitative estimate of drug-likeness (QED) is 0.254. The highest BCUT2D eigenvalue weighted by atomic mass is 35.5. The van der Waals surface area contributed by atoms with Crippen molar-refractivity contribution in [3.63, 3.8) is 0 Å². The fraction of sp³-hybridized carbons (Fsp3) is 0.355. The SMILES string of the molecule is C=C/C=C(\C=C/COC[C@H](C)N1CC[C@@H](CF)C1)C1Oc2ccc(O)cc2C(C)=C1c1ccc(Cl)c(F)c1. The van der Waals surface area contributed by atoms with E-state index in [2.05, 4.69) is 18.4 Å². The third-order valence-corrected chi connectivity index (χ3v) is 7.47. The first-order valence-corrected chi connectivity index (χ1v) is 13.2. The van der Waals surface area contributed by atoms with E-state index in [1.165, 1.54) is 12.1 Å². The standard InChI is InChI=1S/C31H34ClF2NO3/c1-4-6-23(7-5-14-37-19-20(2)35-13-12-22(17-33)18-35)31-30(24-8-10-27(32)28(34)15-24)21(3)26-16-25(36)9-11-29(26)38-31/h4-11,15-16,20,22,31,36H,1,12-14,17-19H2,2-3H3/b7-5-,23-6+/t20-,22-,31?/m0/s1. The van der Waals surface area contributed by atoms with E-state index in [-0.39, 0.29) is 29.4 Å². The highest BCUT2D eigenvalue weighted by Gasteiger charge is 2.30. The van der Waals surface area contributed by atoms with Crippen LogP contribution in [-0.4, -0.2) is 55.1 Å². The van der Waals surface area contributed by atoms with Crippen molar-refractivity contribution >= 4 is 22.7 Å². The zero-order valence-corrected chi connectivity index (χ0v) is 22.6. The number of allylic oxidation sites excluding steroid dienone is 3. The lowest BCUT2D eigenvalue weighted by Gasteiger charge is -2.31. The predicted octanol–water partition coefficient (Wildman–Crippen LogP) is 7.24. The summed E-state index contributed by atoms with van der Waals surface area (Å²) in [4.78, 5) is 2.27. The topological polar surface area (TPSA) is 41.9 Å². The van der Waals surface area contributed by atoms with E-state index in [0.29, 0.717) is 24.5 Å². The van der Waals surface area contributed by atoms with E-state index >= 15 is 0 Å². The molecule has 0 aromatic heterocycles. The molecular weight excluding hydrogens is 508 g/mol. The van der Waals surface area contributed by atoms with Crippen molar-refractivity contribution in [1.29, 1.82) is 0 Å². The van der Waals surface area contributed by atoms with Gasteiger partial charge in [-0.05, 0) is 73.9 Å². The summed E-state index contributed by atoms with van der Waals surface area (Å²) in [7, 11) is 0. The van der Waals surface area contributed by atoms with Gasteiger partial charge >= 0.3 is 0 Å². The molecule has 3 atom stereocenters. The second-order valence-electron chi connectivity index (χ2n) is 9.84. The number of likely N-dealkylation sites (tertiary alicyclic amines) is 1. The maximum Gasteiger partial charge on any atom is 0.150 e. The Labute approximate surface area is 228 Å². The van der Waals surface area contributed by atoms with Crippen LogP contribution < -0.4 is 4.74 Å². The molecule has 1 saturated heterocycles. The summed E-state index contributed by atoms with van der Waals surface area (Å²) < 4.78 is 39.8. The van der Waals surface area contributed by atoms with Crippen molar-refractivity contribution in [2.24, 2.45) is 5.92 Å². The van der Waals surface area contributed by atoms with Gasteiger partial charge in [-0.25, -0.2) is 4.39 Å². The lowest BCUT2D eigenvalue weighted by atomic mass is 9.85. The minimum Gasteiger partial charge on any atom is -0.508 e. The zero-order chi connectivity index (χ0) is 27.2. The lowest BCUT2D eigenvalue weighted by Crippen LogP contribution is -2.34. The molecule has 0 saturated carbocycles. The van der Waals surface area contributed by atoms with E-state index in [0.717, 1.165) is 41.8 Å². The molecule has 38 heavy (non-hydrogen) atoms. The monoisotopic (exact) mass is 541 g/mol. The number of hydrogen-bond acceptors (Lipinski definition) is 4. The number of nitrogens with zero attached hydrogens (tertiary/aromatic N) is 1. The summed E-state index contributed by atoms with van der Waals surface area (Å²) in [5, 5.41) is 10.1. The first-order chi connectivity index (χ1) is 18.3. The molecule has 0 bridgehead atoms. The number of halogens is 3. The Morgan fingerprint density at radius 1 is 1.32 bits per heavy atom. The average Bonchev–Trinajstić information content (AvgIpc) is 3.39. The molecule has 1 fully saturated rings. The Bertz CT molecular complexity index is 1260.